The fraction of sp³-hybridized carbons (Fsp3) is 0.667. The van der Waals surface area contributed by atoms with Crippen molar-refractivity contribution in [1.82, 2.24) is 4.98 Å². The quantitative estimate of drug-likeness (QED) is 0.602. The zero-order valence-electron chi connectivity index (χ0n) is 16.6. The first kappa shape index (κ1) is 18.8. The molecule has 3 heteroatoms. The Morgan fingerprint density at radius 2 is 1.62 bits per heavy atom. The van der Waals surface area contributed by atoms with Gasteiger partial charge in [0.2, 0.25) is 0 Å². The fourth-order valence-electron chi connectivity index (χ4n) is 2.73. The second-order valence-electron chi connectivity index (χ2n) is 9.00. The van der Waals surface area contributed by atoms with Gasteiger partial charge in [-0.05, 0) is 25.0 Å². The van der Waals surface area contributed by atoms with Gasteiger partial charge in [-0.25, -0.2) is 4.98 Å². The van der Waals surface area contributed by atoms with E-state index in [1.54, 1.807) is 0 Å². The third kappa shape index (κ3) is 4.31. The minimum absolute atomic E-state index is 0.0221. The minimum atomic E-state index is -0.0430. The highest BCUT2D eigenvalue weighted by atomic mass is 16.4. The van der Waals surface area contributed by atoms with Gasteiger partial charge in [-0.15, -0.1) is 0 Å². The largest absolute Gasteiger partial charge is 0.465 e. The summed E-state index contributed by atoms with van der Waals surface area (Å²) in [6.07, 6.45) is 3.98. The van der Waals surface area contributed by atoms with Crippen LogP contribution in [0, 0.1) is 0 Å². The van der Waals surface area contributed by atoms with Gasteiger partial charge in [-0.1, -0.05) is 55.4 Å². The first-order chi connectivity index (χ1) is 11.0. The van der Waals surface area contributed by atoms with E-state index in [4.69, 9.17) is 8.83 Å². The molecule has 3 nitrogen and oxygen atoms in total. The Balaban J connectivity index is 2.01. The lowest BCUT2D eigenvalue weighted by molar-refractivity contribution is 0.316. The third-order valence-electron chi connectivity index (χ3n) is 4.72. The molecule has 2 aromatic heterocycles. The van der Waals surface area contributed by atoms with Crippen molar-refractivity contribution in [1.29, 1.82) is 0 Å². The van der Waals surface area contributed by atoms with E-state index < -0.39 is 0 Å². The normalized spacial score (nSPS) is 14.4. The fourth-order valence-corrected chi connectivity index (χ4v) is 2.73. The van der Waals surface area contributed by atoms with Crippen molar-refractivity contribution in [2.75, 3.05) is 0 Å². The summed E-state index contributed by atoms with van der Waals surface area (Å²) in [5, 5.41) is 0. The summed E-state index contributed by atoms with van der Waals surface area (Å²) in [4.78, 5) is 4.45. The monoisotopic (exact) mass is 331 g/mol. The van der Waals surface area contributed by atoms with Gasteiger partial charge in [0.1, 0.15) is 17.3 Å². The Labute approximate surface area is 146 Å². The van der Waals surface area contributed by atoms with Crippen LogP contribution in [0.5, 0.6) is 0 Å². The molecule has 0 fully saturated rings. The molecule has 0 aromatic carbocycles. The molecule has 134 valence electrons. The van der Waals surface area contributed by atoms with Crippen LogP contribution in [0.1, 0.15) is 103 Å². The van der Waals surface area contributed by atoms with Gasteiger partial charge in [-0.3, -0.25) is 0 Å². The predicted molar refractivity (Wildman–Crippen MR) is 98.7 cm³/mol. The second-order valence-corrected chi connectivity index (χ2v) is 9.00. The van der Waals surface area contributed by atoms with Crippen LogP contribution in [0.4, 0.5) is 0 Å². The molecule has 0 saturated heterocycles. The number of aromatic nitrogens is 1. The van der Waals surface area contributed by atoms with Crippen molar-refractivity contribution in [2.45, 2.75) is 90.9 Å². The first-order valence-corrected chi connectivity index (χ1v) is 9.07. The van der Waals surface area contributed by atoms with E-state index in [0.29, 0.717) is 11.8 Å². The summed E-state index contributed by atoms with van der Waals surface area (Å²) < 4.78 is 12.0. The zero-order chi connectivity index (χ0) is 18.1. The molecule has 24 heavy (non-hydrogen) atoms. The Bertz CT molecular complexity index is 655. The van der Waals surface area contributed by atoms with Crippen LogP contribution in [0.25, 0.3) is 0 Å². The molecule has 0 saturated carbocycles. The average molecular weight is 332 g/mol. The van der Waals surface area contributed by atoms with Crippen LogP contribution >= 0.6 is 0 Å². The minimum Gasteiger partial charge on any atom is -0.465 e. The van der Waals surface area contributed by atoms with Crippen molar-refractivity contribution < 1.29 is 8.83 Å². The zero-order valence-corrected chi connectivity index (χ0v) is 16.6. The van der Waals surface area contributed by atoms with Gasteiger partial charge in [0, 0.05) is 22.7 Å². The highest BCUT2D eigenvalue weighted by Gasteiger charge is 2.27. The first-order valence-electron chi connectivity index (χ1n) is 9.07. The van der Waals surface area contributed by atoms with Gasteiger partial charge in [0.05, 0.1) is 6.20 Å². The van der Waals surface area contributed by atoms with E-state index in [1.807, 2.05) is 6.20 Å². The van der Waals surface area contributed by atoms with Crippen molar-refractivity contribution in [3.8, 4) is 0 Å². The smallest absolute Gasteiger partial charge is 0.199 e. The van der Waals surface area contributed by atoms with E-state index in [2.05, 4.69) is 72.5 Å². The molecule has 1 unspecified atom stereocenters. The van der Waals surface area contributed by atoms with Crippen LogP contribution in [0.2, 0.25) is 0 Å². The molecule has 2 rings (SSSR count). The van der Waals surface area contributed by atoms with Crippen LogP contribution < -0.4 is 0 Å². The lowest BCUT2D eigenvalue weighted by Crippen LogP contribution is -2.17. The summed E-state index contributed by atoms with van der Waals surface area (Å²) in [5.41, 5.74) is -0.0209. The molecule has 1 atom stereocenters. The molecule has 0 aliphatic heterocycles. The molecule has 0 aliphatic rings. The van der Waals surface area contributed by atoms with Gasteiger partial charge in [0.15, 0.2) is 5.89 Å². The van der Waals surface area contributed by atoms with E-state index in [9.17, 15) is 0 Å². The highest BCUT2D eigenvalue weighted by Crippen LogP contribution is 2.35. The van der Waals surface area contributed by atoms with Crippen molar-refractivity contribution >= 4 is 0 Å². The van der Waals surface area contributed by atoms with Crippen LogP contribution in [0.15, 0.2) is 27.2 Å². The van der Waals surface area contributed by atoms with E-state index >= 15 is 0 Å². The summed E-state index contributed by atoms with van der Waals surface area (Å²) in [5.74, 6) is 4.72. The van der Waals surface area contributed by atoms with Crippen molar-refractivity contribution in [3.05, 3.63) is 41.5 Å². The van der Waals surface area contributed by atoms with Crippen LogP contribution in [-0.4, -0.2) is 4.98 Å². The number of nitrogens with zero attached hydrogens (tertiary/aromatic N) is 1. The Morgan fingerprint density at radius 3 is 2.12 bits per heavy atom. The SMILES string of the molecule is CC(C)c1ccc(C(C)(C)CCC(C)c2cnc(C(C)(C)C)o2)o1. The second kappa shape index (κ2) is 6.78. The van der Waals surface area contributed by atoms with Gasteiger partial charge in [-0.2, -0.15) is 0 Å². The average Bonchev–Trinajstić information content (AvgIpc) is 3.13. The maximum absolute atomic E-state index is 6.06. The molecule has 0 radical (unpaired) electrons. The van der Waals surface area contributed by atoms with Crippen LogP contribution in [0.3, 0.4) is 0 Å². The molecule has 2 aromatic rings. The van der Waals surface area contributed by atoms with Gasteiger partial charge < -0.3 is 8.83 Å². The summed E-state index contributed by atoms with van der Waals surface area (Å²) >= 11 is 0. The lowest BCUT2D eigenvalue weighted by Gasteiger charge is -2.23. The molecule has 0 aliphatic carbocycles. The molecule has 0 amide bonds. The number of furan rings is 1. The topological polar surface area (TPSA) is 39.2 Å². The number of hydrogen-bond donors (Lipinski definition) is 0. The van der Waals surface area contributed by atoms with Crippen molar-refractivity contribution in [2.24, 2.45) is 0 Å². The highest BCUT2D eigenvalue weighted by molar-refractivity contribution is 5.17. The Kier molecular flexibility index (Phi) is 5.31. The molecule has 0 N–H and O–H groups in total. The van der Waals surface area contributed by atoms with Gasteiger partial charge in [0.25, 0.3) is 0 Å². The number of rotatable bonds is 6. The Hall–Kier alpha value is -1.51. The number of oxazole rings is 1. The number of hydrogen-bond acceptors (Lipinski definition) is 3. The molecule has 0 spiro atoms. The van der Waals surface area contributed by atoms with Crippen LogP contribution in [-0.2, 0) is 10.8 Å². The summed E-state index contributed by atoms with van der Waals surface area (Å²) in [6.45, 7) is 17.4. The summed E-state index contributed by atoms with van der Waals surface area (Å²) in [6, 6.07) is 4.24. The molecule has 0 bridgehead atoms. The molecule has 2 heterocycles. The van der Waals surface area contributed by atoms with E-state index in [1.165, 1.54) is 0 Å². The van der Waals surface area contributed by atoms with E-state index in [0.717, 1.165) is 36.0 Å². The standard InChI is InChI=1S/C21H33NO2/c1-14(2)16-9-10-18(23-16)21(7,8)12-11-15(3)17-13-22-19(24-17)20(4,5)6/h9-10,13-15H,11-12H2,1-8H3. The molecular formula is C21H33NO2. The maximum Gasteiger partial charge on any atom is 0.199 e. The maximum atomic E-state index is 6.06. The predicted octanol–water partition coefficient (Wildman–Crippen LogP) is 6.55. The Morgan fingerprint density at radius 1 is 0.958 bits per heavy atom. The van der Waals surface area contributed by atoms with Crippen molar-refractivity contribution in [3.63, 3.8) is 0 Å². The molecular weight excluding hydrogens is 298 g/mol. The van der Waals surface area contributed by atoms with Gasteiger partial charge >= 0.3 is 0 Å². The lowest BCUT2D eigenvalue weighted by atomic mass is 9.82. The summed E-state index contributed by atoms with van der Waals surface area (Å²) in [7, 11) is 0. The third-order valence-corrected chi connectivity index (χ3v) is 4.72. The van der Waals surface area contributed by atoms with E-state index in [-0.39, 0.29) is 10.8 Å².